The van der Waals surface area contributed by atoms with E-state index in [0.717, 1.165) is 0 Å². The number of phenolic OH excluding ortho intramolecular Hbond substituents is 1. The topological polar surface area (TPSA) is 72.5 Å². The lowest BCUT2D eigenvalue weighted by atomic mass is 10.0. The Morgan fingerprint density at radius 2 is 2.18 bits per heavy atom. The molecule has 0 saturated carbocycles. The molecule has 1 aromatic carbocycles. The maximum Gasteiger partial charge on any atom is 0.307 e. The van der Waals surface area contributed by atoms with Crippen LogP contribution in [0.15, 0.2) is 12.1 Å². The van der Waals surface area contributed by atoms with E-state index in [-0.39, 0.29) is 23.8 Å². The van der Waals surface area contributed by atoms with Gasteiger partial charge in [-0.15, -0.1) is 0 Å². The van der Waals surface area contributed by atoms with Gasteiger partial charge < -0.3 is 15.6 Å². The molecular formula is C11H13Cl2NO3. The Morgan fingerprint density at radius 3 is 2.76 bits per heavy atom. The van der Waals surface area contributed by atoms with Gasteiger partial charge in [-0.25, -0.2) is 0 Å². The maximum absolute atomic E-state index is 11.3. The number of aromatic hydroxyl groups is 1. The van der Waals surface area contributed by atoms with Gasteiger partial charge in [0.25, 0.3) is 0 Å². The molecule has 1 rings (SSSR count). The minimum absolute atomic E-state index is 0.0436. The molecule has 0 amide bonds. The van der Waals surface area contributed by atoms with Crippen molar-refractivity contribution in [2.24, 2.45) is 5.73 Å². The number of carbonyl (C=O) groups is 1. The van der Waals surface area contributed by atoms with Gasteiger partial charge in [-0.1, -0.05) is 23.2 Å². The van der Waals surface area contributed by atoms with E-state index in [1.54, 1.807) is 6.92 Å². The molecule has 0 bridgehead atoms. The first-order valence-corrected chi connectivity index (χ1v) is 5.80. The first-order valence-electron chi connectivity index (χ1n) is 5.04. The van der Waals surface area contributed by atoms with Gasteiger partial charge in [0.1, 0.15) is 5.75 Å². The van der Waals surface area contributed by atoms with E-state index in [4.69, 9.17) is 33.7 Å². The summed E-state index contributed by atoms with van der Waals surface area (Å²) in [5.41, 5.74) is 6.12. The fourth-order valence-corrected chi connectivity index (χ4v) is 1.89. The van der Waals surface area contributed by atoms with E-state index < -0.39 is 12.0 Å². The third-order valence-corrected chi connectivity index (χ3v) is 2.66. The summed E-state index contributed by atoms with van der Waals surface area (Å²) < 4.78 is 4.77. The second-order valence-corrected chi connectivity index (χ2v) is 4.28. The molecule has 4 nitrogen and oxygen atoms in total. The highest BCUT2D eigenvalue weighted by Gasteiger charge is 2.18. The average molecular weight is 278 g/mol. The highest BCUT2D eigenvalue weighted by Crippen LogP contribution is 2.35. The van der Waals surface area contributed by atoms with Crippen LogP contribution in [0.4, 0.5) is 0 Å². The third-order valence-electron chi connectivity index (χ3n) is 2.15. The highest BCUT2D eigenvalue weighted by atomic mass is 35.5. The number of rotatable bonds is 4. The third kappa shape index (κ3) is 3.77. The molecule has 1 aromatic rings. The van der Waals surface area contributed by atoms with Crippen molar-refractivity contribution >= 4 is 29.2 Å². The van der Waals surface area contributed by atoms with E-state index in [9.17, 15) is 9.90 Å². The maximum atomic E-state index is 11.3. The molecule has 0 radical (unpaired) electrons. The number of hydrogen-bond donors (Lipinski definition) is 2. The number of carbonyl (C=O) groups excluding carboxylic acids is 1. The van der Waals surface area contributed by atoms with Gasteiger partial charge in [0.2, 0.25) is 0 Å². The van der Waals surface area contributed by atoms with Crippen LogP contribution in [-0.2, 0) is 9.53 Å². The van der Waals surface area contributed by atoms with Crippen LogP contribution in [0.1, 0.15) is 24.9 Å². The quantitative estimate of drug-likeness (QED) is 0.830. The molecule has 0 aliphatic carbocycles. The molecule has 0 aliphatic heterocycles. The summed E-state index contributed by atoms with van der Waals surface area (Å²) in [6, 6.07) is 2.18. The monoisotopic (exact) mass is 277 g/mol. The number of hydrogen-bond acceptors (Lipinski definition) is 4. The number of phenols is 1. The van der Waals surface area contributed by atoms with Crippen molar-refractivity contribution in [2.45, 2.75) is 19.4 Å². The first kappa shape index (κ1) is 14.1. The second-order valence-electron chi connectivity index (χ2n) is 3.44. The van der Waals surface area contributed by atoms with Crippen molar-refractivity contribution in [3.8, 4) is 5.75 Å². The summed E-state index contributed by atoms with van der Waals surface area (Å²) in [5.74, 6) is -0.594. The van der Waals surface area contributed by atoms with Gasteiger partial charge in [-0.2, -0.15) is 0 Å². The molecule has 0 fully saturated rings. The summed E-state index contributed by atoms with van der Waals surface area (Å²) in [6.45, 7) is 1.99. The predicted octanol–water partition coefficient (Wildman–Crippen LogP) is 2.65. The second kappa shape index (κ2) is 6.10. The number of esters is 1. The highest BCUT2D eigenvalue weighted by molar-refractivity contribution is 6.35. The van der Waals surface area contributed by atoms with Gasteiger partial charge in [0, 0.05) is 16.6 Å². The Balaban J connectivity index is 2.88. The minimum Gasteiger partial charge on any atom is -0.506 e. The van der Waals surface area contributed by atoms with Crippen LogP contribution in [0.5, 0.6) is 5.75 Å². The summed E-state index contributed by atoms with van der Waals surface area (Å²) in [7, 11) is 0. The lowest BCUT2D eigenvalue weighted by Gasteiger charge is -2.14. The fourth-order valence-electron chi connectivity index (χ4n) is 1.38. The van der Waals surface area contributed by atoms with Gasteiger partial charge in [0.15, 0.2) is 0 Å². The molecule has 94 valence electrons. The van der Waals surface area contributed by atoms with Crippen molar-refractivity contribution in [3.63, 3.8) is 0 Å². The van der Waals surface area contributed by atoms with Crippen molar-refractivity contribution in [1.82, 2.24) is 0 Å². The van der Waals surface area contributed by atoms with Crippen LogP contribution in [0.3, 0.4) is 0 Å². The summed E-state index contributed by atoms with van der Waals surface area (Å²) in [4.78, 5) is 11.3. The van der Waals surface area contributed by atoms with Gasteiger partial charge >= 0.3 is 5.97 Å². The van der Waals surface area contributed by atoms with Crippen LogP contribution in [0, 0.1) is 0 Å². The Labute approximate surface area is 109 Å². The van der Waals surface area contributed by atoms with E-state index in [1.165, 1.54) is 12.1 Å². The molecular weight excluding hydrogens is 265 g/mol. The fraction of sp³-hybridized carbons (Fsp3) is 0.364. The van der Waals surface area contributed by atoms with Crippen molar-refractivity contribution in [3.05, 3.63) is 27.7 Å². The summed E-state index contributed by atoms with van der Waals surface area (Å²) in [5, 5.41) is 10.2. The standard InChI is InChI=1S/C11H13Cl2NO3/c1-2-17-10(15)5-9(14)7-3-6(12)4-8(13)11(7)16/h3-4,9,16H,2,5,14H2,1H3/t9-/m0/s1. The normalized spacial score (nSPS) is 12.2. The molecule has 17 heavy (non-hydrogen) atoms. The van der Waals surface area contributed by atoms with Gasteiger partial charge in [0.05, 0.1) is 18.1 Å². The Morgan fingerprint density at radius 1 is 1.53 bits per heavy atom. The Bertz CT molecular complexity index is 423. The van der Waals surface area contributed by atoms with E-state index in [0.29, 0.717) is 10.6 Å². The first-order chi connectivity index (χ1) is 7.95. The van der Waals surface area contributed by atoms with Crippen LogP contribution in [0.2, 0.25) is 10.0 Å². The zero-order valence-corrected chi connectivity index (χ0v) is 10.8. The molecule has 0 heterocycles. The van der Waals surface area contributed by atoms with Crippen LogP contribution < -0.4 is 5.73 Å². The van der Waals surface area contributed by atoms with E-state index >= 15 is 0 Å². The molecule has 0 unspecified atom stereocenters. The summed E-state index contributed by atoms with van der Waals surface area (Å²) >= 11 is 11.6. The molecule has 6 heteroatoms. The zero-order valence-electron chi connectivity index (χ0n) is 9.24. The number of halogens is 2. The Hall–Kier alpha value is -0.970. The lowest BCUT2D eigenvalue weighted by molar-refractivity contribution is -0.143. The Kier molecular flexibility index (Phi) is 5.05. The van der Waals surface area contributed by atoms with Crippen LogP contribution in [0.25, 0.3) is 0 Å². The lowest BCUT2D eigenvalue weighted by Crippen LogP contribution is -2.17. The molecule has 0 aliphatic rings. The number of ether oxygens (including phenoxy) is 1. The van der Waals surface area contributed by atoms with E-state index in [1.807, 2.05) is 0 Å². The molecule has 0 saturated heterocycles. The minimum atomic E-state index is -0.703. The SMILES string of the molecule is CCOC(=O)C[C@H](N)c1cc(Cl)cc(Cl)c1O. The molecule has 1 atom stereocenters. The number of benzene rings is 1. The predicted molar refractivity (Wildman–Crippen MR) is 66.3 cm³/mol. The van der Waals surface area contributed by atoms with Gasteiger partial charge in [-0.3, -0.25) is 4.79 Å². The van der Waals surface area contributed by atoms with Crippen LogP contribution in [-0.4, -0.2) is 17.7 Å². The molecule has 0 spiro atoms. The van der Waals surface area contributed by atoms with Crippen LogP contribution >= 0.6 is 23.2 Å². The van der Waals surface area contributed by atoms with Gasteiger partial charge in [-0.05, 0) is 19.1 Å². The smallest absolute Gasteiger partial charge is 0.307 e. The average Bonchev–Trinajstić information content (AvgIpc) is 2.23. The van der Waals surface area contributed by atoms with Crippen molar-refractivity contribution in [1.29, 1.82) is 0 Å². The number of nitrogens with two attached hydrogens (primary N) is 1. The molecule has 0 aromatic heterocycles. The zero-order chi connectivity index (χ0) is 13.0. The molecule has 3 N–H and O–H groups in total. The largest absolute Gasteiger partial charge is 0.506 e. The van der Waals surface area contributed by atoms with Crippen molar-refractivity contribution in [2.75, 3.05) is 6.61 Å². The van der Waals surface area contributed by atoms with E-state index in [2.05, 4.69) is 0 Å². The van der Waals surface area contributed by atoms with Crippen molar-refractivity contribution < 1.29 is 14.6 Å². The summed E-state index contributed by atoms with van der Waals surface area (Å²) in [6.07, 6.45) is -0.0436.